The Kier molecular flexibility index (Phi) is 3.15. The first-order chi connectivity index (χ1) is 8.81. The molecule has 96 valence electrons. The SMILES string of the molecule is Cc1ccn2nc(NCCC3CCCO3)nc2c1. The van der Waals surface area contributed by atoms with Gasteiger partial charge in [-0.05, 0) is 43.9 Å². The van der Waals surface area contributed by atoms with Crippen molar-refractivity contribution in [3.05, 3.63) is 23.9 Å². The molecule has 3 rings (SSSR count). The molecule has 5 nitrogen and oxygen atoms in total. The zero-order valence-electron chi connectivity index (χ0n) is 10.6. The Morgan fingerprint density at radius 2 is 2.50 bits per heavy atom. The van der Waals surface area contributed by atoms with Crippen LogP contribution in [0.2, 0.25) is 0 Å². The van der Waals surface area contributed by atoms with Crippen LogP contribution in [0.1, 0.15) is 24.8 Å². The van der Waals surface area contributed by atoms with Crippen molar-refractivity contribution in [1.29, 1.82) is 0 Å². The lowest BCUT2D eigenvalue weighted by molar-refractivity contribution is 0.107. The van der Waals surface area contributed by atoms with Gasteiger partial charge in [-0.15, -0.1) is 5.10 Å². The molecule has 2 aromatic heterocycles. The number of fused-ring (bicyclic) bond motifs is 1. The molecule has 1 atom stereocenters. The largest absolute Gasteiger partial charge is 0.378 e. The number of ether oxygens (including phenoxy) is 1. The molecule has 0 aromatic carbocycles. The molecule has 5 heteroatoms. The molecule has 3 heterocycles. The molecule has 1 aliphatic heterocycles. The summed E-state index contributed by atoms with van der Waals surface area (Å²) in [4.78, 5) is 4.44. The van der Waals surface area contributed by atoms with Gasteiger partial charge in [0.1, 0.15) is 0 Å². The quantitative estimate of drug-likeness (QED) is 0.896. The average molecular weight is 246 g/mol. The lowest BCUT2D eigenvalue weighted by Crippen LogP contribution is -2.13. The van der Waals surface area contributed by atoms with Crippen molar-refractivity contribution in [1.82, 2.24) is 14.6 Å². The molecular weight excluding hydrogens is 228 g/mol. The highest BCUT2D eigenvalue weighted by Gasteiger charge is 2.14. The Labute approximate surface area is 106 Å². The molecule has 0 bridgehead atoms. The number of pyridine rings is 1. The highest BCUT2D eigenvalue weighted by molar-refractivity contribution is 5.45. The van der Waals surface area contributed by atoms with E-state index >= 15 is 0 Å². The second-order valence-corrected chi connectivity index (χ2v) is 4.79. The second-order valence-electron chi connectivity index (χ2n) is 4.79. The van der Waals surface area contributed by atoms with E-state index < -0.39 is 0 Å². The molecule has 2 aromatic rings. The van der Waals surface area contributed by atoms with Crippen LogP contribution in [0.5, 0.6) is 0 Å². The zero-order valence-corrected chi connectivity index (χ0v) is 10.6. The summed E-state index contributed by atoms with van der Waals surface area (Å²) in [5, 5.41) is 7.63. The van der Waals surface area contributed by atoms with E-state index in [0.717, 1.165) is 25.2 Å². The van der Waals surface area contributed by atoms with Gasteiger partial charge in [0.2, 0.25) is 5.95 Å². The van der Waals surface area contributed by atoms with Crippen molar-refractivity contribution < 1.29 is 4.74 Å². The average Bonchev–Trinajstić information content (AvgIpc) is 2.97. The van der Waals surface area contributed by atoms with E-state index in [2.05, 4.69) is 22.3 Å². The normalized spacial score (nSPS) is 19.5. The first-order valence-corrected chi connectivity index (χ1v) is 6.50. The maximum absolute atomic E-state index is 5.58. The summed E-state index contributed by atoms with van der Waals surface area (Å²) in [5.41, 5.74) is 2.08. The van der Waals surface area contributed by atoms with Crippen molar-refractivity contribution in [2.24, 2.45) is 0 Å². The zero-order chi connectivity index (χ0) is 12.4. The summed E-state index contributed by atoms with van der Waals surface area (Å²) in [7, 11) is 0. The molecule has 0 amide bonds. The molecule has 0 aliphatic carbocycles. The van der Waals surface area contributed by atoms with Crippen LogP contribution in [-0.4, -0.2) is 33.9 Å². The number of anilines is 1. The highest BCUT2D eigenvalue weighted by Crippen LogP contribution is 2.15. The molecule has 0 spiro atoms. The van der Waals surface area contributed by atoms with Crippen LogP contribution in [0.15, 0.2) is 18.3 Å². The molecule has 18 heavy (non-hydrogen) atoms. The maximum atomic E-state index is 5.58. The number of hydrogen-bond acceptors (Lipinski definition) is 4. The Morgan fingerprint density at radius 3 is 3.33 bits per heavy atom. The lowest BCUT2D eigenvalue weighted by atomic mass is 10.2. The van der Waals surface area contributed by atoms with E-state index in [4.69, 9.17) is 4.74 Å². The van der Waals surface area contributed by atoms with Crippen LogP contribution in [0.3, 0.4) is 0 Å². The van der Waals surface area contributed by atoms with Crippen molar-refractivity contribution in [2.75, 3.05) is 18.5 Å². The first-order valence-electron chi connectivity index (χ1n) is 6.50. The number of aryl methyl sites for hydroxylation is 1. The lowest BCUT2D eigenvalue weighted by Gasteiger charge is -2.08. The third kappa shape index (κ3) is 2.46. The third-order valence-corrected chi connectivity index (χ3v) is 3.27. The van der Waals surface area contributed by atoms with Crippen LogP contribution in [0, 0.1) is 6.92 Å². The number of nitrogens with one attached hydrogen (secondary N) is 1. The van der Waals surface area contributed by atoms with Crippen LogP contribution in [0.25, 0.3) is 5.65 Å². The van der Waals surface area contributed by atoms with Gasteiger partial charge >= 0.3 is 0 Å². The van der Waals surface area contributed by atoms with Crippen molar-refractivity contribution in [3.63, 3.8) is 0 Å². The van der Waals surface area contributed by atoms with Crippen molar-refractivity contribution >= 4 is 11.6 Å². The summed E-state index contributed by atoms with van der Waals surface area (Å²) in [5.74, 6) is 0.693. The van der Waals surface area contributed by atoms with Gasteiger partial charge in [-0.3, -0.25) is 0 Å². The molecule has 1 fully saturated rings. The van der Waals surface area contributed by atoms with E-state index in [1.807, 2.05) is 18.3 Å². The van der Waals surface area contributed by atoms with Crippen molar-refractivity contribution in [2.45, 2.75) is 32.3 Å². The molecule has 1 N–H and O–H groups in total. The smallest absolute Gasteiger partial charge is 0.243 e. The summed E-state index contributed by atoms with van der Waals surface area (Å²) >= 11 is 0. The topological polar surface area (TPSA) is 51.5 Å². The molecule has 1 aliphatic rings. The Balaban J connectivity index is 1.60. The Morgan fingerprint density at radius 1 is 1.56 bits per heavy atom. The van der Waals surface area contributed by atoms with Gasteiger partial charge in [0, 0.05) is 19.3 Å². The molecule has 1 saturated heterocycles. The van der Waals surface area contributed by atoms with E-state index in [1.54, 1.807) is 4.52 Å². The minimum absolute atomic E-state index is 0.414. The molecule has 1 unspecified atom stereocenters. The third-order valence-electron chi connectivity index (χ3n) is 3.27. The number of rotatable bonds is 4. The fourth-order valence-electron chi connectivity index (χ4n) is 2.28. The minimum Gasteiger partial charge on any atom is -0.378 e. The standard InChI is InChI=1S/C13H18N4O/c1-10-5-7-17-12(9-10)15-13(16-17)14-6-4-11-3-2-8-18-11/h5,7,9,11H,2-4,6,8H2,1H3,(H,14,16). The fourth-order valence-corrected chi connectivity index (χ4v) is 2.28. The van der Waals surface area contributed by atoms with Crippen LogP contribution in [0.4, 0.5) is 5.95 Å². The van der Waals surface area contributed by atoms with Crippen LogP contribution in [-0.2, 0) is 4.74 Å². The number of nitrogens with zero attached hydrogens (tertiary/aromatic N) is 3. The fraction of sp³-hybridized carbons (Fsp3) is 0.538. The van der Waals surface area contributed by atoms with Gasteiger partial charge in [0.25, 0.3) is 0 Å². The van der Waals surface area contributed by atoms with Gasteiger partial charge in [-0.1, -0.05) is 0 Å². The first kappa shape index (κ1) is 11.5. The van der Waals surface area contributed by atoms with Gasteiger partial charge in [-0.2, -0.15) is 4.98 Å². The highest BCUT2D eigenvalue weighted by atomic mass is 16.5. The predicted octanol–water partition coefficient (Wildman–Crippen LogP) is 2.02. The second kappa shape index (κ2) is 4.94. The summed E-state index contributed by atoms with van der Waals surface area (Å²) < 4.78 is 7.37. The summed E-state index contributed by atoms with van der Waals surface area (Å²) in [6.45, 7) is 3.83. The molecule has 0 radical (unpaired) electrons. The Bertz CT molecular complexity index is 531. The Hall–Kier alpha value is -1.62. The summed E-state index contributed by atoms with van der Waals surface area (Å²) in [6.07, 6.45) is 5.74. The minimum atomic E-state index is 0.414. The van der Waals surface area contributed by atoms with Gasteiger partial charge < -0.3 is 10.1 Å². The van der Waals surface area contributed by atoms with Gasteiger partial charge in [0.05, 0.1) is 6.10 Å². The van der Waals surface area contributed by atoms with Crippen LogP contribution < -0.4 is 5.32 Å². The summed E-state index contributed by atoms with van der Waals surface area (Å²) in [6, 6.07) is 4.05. The van der Waals surface area contributed by atoms with Crippen LogP contribution >= 0.6 is 0 Å². The van der Waals surface area contributed by atoms with E-state index in [1.165, 1.54) is 18.4 Å². The number of aromatic nitrogens is 3. The number of hydrogen-bond donors (Lipinski definition) is 1. The molecular formula is C13H18N4O. The predicted molar refractivity (Wildman–Crippen MR) is 69.8 cm³/mol. The van der Waals surface area contributed by atoms with Gasteiger partial charge in [-0.25, -0.2) is 4.52 Å². The van der Waals surface area contributed by atoms with E-state index in [-0.39, 0.29) is 0 Å². The van der Waals surface area contributed by atoms with Crippen molar-refractivity contribution in [3.8, 4) is 0 Å². The monoisotopic (exact) mass is 246 g/mol. The molecule has 0 saturated carbocycles. The van der Waals surface area contributed by atoms with Gasteiger partial charge in [0.15, 0.2) is 5.65 Å². The van der Waals surface area contributed by atoms with E-state index in [9.17, 15) is 0 Å². The maximum Gasteiger partial charge on any atom is 0.243 e. The van der Waals surface area contributed by atoms with E-state index in [0.29, 0.717) is 12.1 Å².